The average Bonchev–Trinajstić information content (AvgIpc) is 2.30. The summed E-state index contributed by atoms with van der Waals surface area (Å²) in [5.74, 6) is 0.889. The van der Waals surface area contributed by atoms with Gasteiger partial charge in [0.05, 0.1) is 0 Å². The molecule has 0 saturated heterocycles. The number of nitrogens with zero attached hydrogens (tertiary/aromatic N) is 1. The van der Waals surface area contributed by atoms with Gasteiger partial charge in [-0.15, -0.1) is 0 Å². The zero-order valence-electron chi connectivity index (χ0n) is 11.3. The van der Waals surface area contributed by atoms with Gasteiger partial charge in [-0.25, -0.2) is 4.98 Å². The molecule has 2 rings (SSSR count). The van der Waals surface area contributed by atoms with Crippen molar-refractivity contribution >= 4 is 23.8 Å². The Morgan fingerprint density at radius 1 is 1.21 bits per heavy atom. The molecule has 0 saturated carbocycles. The van der Waals surface area contributed by atoms with E-state index in [0.717, 1.165) is 28.5 Å². The lowest BCUT2D eigenvalue weighted by Gasteiger charge is -2.19. The largest absolute Gasteiger partial charge is 0.346 e. The minimum atomic E-state index is 0.0330. The molecule has 0 bridgehead atoms. The standard InChI is InChI=1S/C15H17ClN2S/c1-15(2,3)12-9-14(19)18-13(17-12)8-10-4-6-11(16)7-5-10/h4-7,9H,8H2,1-3H3,(H,17,18,19). The Labute approximate surface area is 123 Å². The molecule has 0 fully saturated rings. The van der Waals surface area contributed by atoms with Gasteiger partial charge in [-0.1, -0.05) is 56.7 Å². The van der Waals surface area contributed by atoms with Crippen molar-refractivity contribution in [3.63, 3.8) is 0 Å². The van der Waals surface area contributed by atoms with Crippen molar-refractivity contribution in [3.8, 4) is 0 Å². The molecule has 4 heteroatoms. The van der Waals surface area contributed by atoms with Crippen molar-refractivity contribution in [3.05, 3.63) is 57.1 Å². The van der Waals surface area contributed by atoms with Crippen molar-refractivity contribution in [1.29, 1.82) is 0 Å². The molecule has 0 aliphatic heterocycles. The van der Waals surface area contributed by atoms with Gasteiger partial charge in [-0.3, -0.25) is 0 Å². The lowest BCUT2D eigenvalue weighted by atomic mass is 9.92. The highest BCUT2D eigenvalue weighted by atomic mass is 35.5. The average molecular weight is 293 g/mol. The second-order valence-corrected chi connectivity index (χ2v) is 6.49. The molecule has 0 amide bonds. The second-order valence-electron chi connectivity index (χ2n) is 5.63. The molecule has 0 spiro atoms. The van der Waals surface area contributed by atoms with Gasteiger partial charge in [0.2, 0.25) is 0 Å². The van der Waals surface area contributed by atoms with Gasteiger partial charge in [0.15, 0.2) is 0 Å². The van der Waals surface area contributed by atoms with Crippen LogP contribution in [0.3, 0.4) is 0 Å². The smallest absolute Gasteiger partial charge is 0.130 e. The lowest BCUT2D eigenvalue weighted by Crippen LogP contribution is -2.15. The Hall–Kier alpha value is -1.19. The number of H-pyrrole nitrogens is 1. The number of nitrogens with one attached hydrogen (secondary N) is 1. The van der Waals surface area contributed by atoms with Gasteiger partial charge in [-0.2, -0.15) is 0 Å². The van der Waals surface area contributed by atoms with Gasteiger partial charge in [0.25, 0.3) is 0 Å². The van der Waals surface area contributed by atoms with Gasteiger partial charge in [-0.05, 0) is 23.8 Å². The van der Waals surface area contributed by atoms with E-state index in [-0.39, 0.29) is 5.41 Å². The molecule has 0 aliphatic rings. The van der Waals surface area contributed by atoms with Crippen LogP contribution in [0.5, 0.6) is 0 Å². The van der Waals surface area contributed by atoms with Crippen LogP contribution in [0, 0.1) is 4.64 Å². The van der Waals surface area contributed by atoms with E-state index in [1.54, 1.807) is 0 Å². The summed E-state index contributed by atoms with van der Waals surface area (Å²) in [6.07, 6.45) is 0.727. The molecule has 0 radical (unpaired) electrons. The summed E-state index contributed by atoms with van der Waals surface area (Å²) < 4.78 is 0.632. The van der Waals surface area contributed by atoms with Crippen LogP contribution in [0.25, 0.3) is 0 Å². The van der Waals surface area contributed by atoms with Gasteiger partial charge in [0.1, 0.15) is 10.5 Å². The second kappa shape index (κ2) is 5.43. The number of aromatic nitrogens is 2. The van der Waals surface area contributed by atoms with Crippen LogP contribution in [-0.4, -0.2) is 9.97 Å². The maximum atomic E-state index is 5.88. The van der Waals surface area contributed by atoms with E-state index < -0.39 is 0 Å². The number of halogens is 1. The van der Waals surface area contributed by atoms with Crippen molar-refractivity contribution in [2.75, 3.05) is 0 Å². The molecule has 0 unspecified atom stereocenters. The first-order chi connectivity index (χ1) is 8.84. The quantitative estimate of drug-likeness (QED) is 0.814. The van der Waals surface area contributed by atoms with Gasteiger partial charge >= 0.3 is 0 Å². The zero-order chi connectivity index (χ0) is 14.0. The minimum absolute atomic E-state index is 0.0330. The van der Waals surface area contributed by atoms with E-state index in [4.69, 9.17) is 23.8 Å². The summed E-state index contributed by atoms with van der Waals surface area (Å²) in [4.78, 5) is 7.77. The molecule has 1 heterocycles. The Kier molecular flexibility index (Phi) is 4.07. The molecule has 1 N–H and O–H groups in total. The van der Waals surface area contributed by atoms with Crippen LogP contribution in [-0.2, 0) is 11.8 Å². The summed E-state index contributed by atoms with van der Waals surface area (Å²) in [6, 6.07) is 9.72. The highest BCUT2D eigenvalue weighted by Gasteiger charge is 2.15. The van der Waals surface area contributed by atoms with Crippen LogP contribution < -0.4 is 0 Å². The van der Waals surface area contributed by atoms with Crippen LogP contribution in [0.2, 0.25) is 5.02 Å². The van der Waals surface area contributed by atoms with E-state index >= 15 is 0 Å². The maximum Gasteiger partial charge on any atom is 0.130 e. The number of hydrogen-bond acceptors (Lipinski definition) is 2. The highest BCUT2D eigenvalue weighted by Crippen LogP contribution is 2.20. The Morgan fingerprint density at radius 2 is 1.84 bits per heavy atom. The summed E-state index contributed by atoms with van der Waals surface area (Å²) in [5, 5.41) is 0.744. The number of rotatable bonds is 2. The zero-order valence-corrected chi connectivity index (χ0v) is 12.9. The monoisotopic (exact) mass is 292 g/mol. The fourth-order valence-electron chi connectivity index (χ4n) is 1.79. The molecule has 1 aromatic heterocycles. The molecule has 19 heavy (non-hydrogen) atoms. The van der Waals surface area contributed by atoms with Gasteiger partial charge in [0, 0.05) is 22.6 Å². The third-order valence-corrected chi connectivity index (χ3v) is 3.35. The fourth-order valence-corrected chi connectivity index (χ4v) is 2.15. The Bertz CT molecular complexity index is 624. The maximum absolute atomic E-state index is 5.88. The molecule has 0 atom stereocenters. The van der Waals surface area contributed by atoms with Crippen LogP contribution in [0.1, 0.15) is 37.9 Å². The number of benzene rings is 1. The first kappa shape index (κ1) is 14.2. The first-order valence-corrected chi connectivity index (χ1v) is 6.98. The van der Waals surface area contributed by atoms with E-state index in [0.29, 0.717) is 4.64 Å². The van der Waals surface area contributed by atoms with E-state index in [1.165, 1.54) is 0 Å². The summed E-state index contributed by atoms with van der Waals surface area (Å²) >= 11 is 11.1. The van der Waals surface area contributed by atoms with E-state index in [9.17, 15) is 0 Å². The number of aromatic amines is 1. The third-order valence-electron chi connectivity index (χ3n) is 2.88. The summed E-state index contributed by atoms with van der Waals surface area (Å²) in [7, 11) is 0. The van der Waals surface area contributed by atoms with Crippen LogP contribution >= 0.6 is 23.8 Å². The normalized spacial score (nSPS) is 11.6. The Balaban J connectivity index is 2.33. The van der Waals surface area contributed by atoms with Crippen molar-refractivity contribution in [2.24, 2.45) is 0 Å². The molecule has 2 aromatic rings. The first-order valence-electron chi connectivity index (χ1n) is 6.20. The van der Waals surface area contributed by atoms with Crippen molar-refractivity contribution < 1.29 is 0 Å². The van der Waals surface area contributed by atoms with Crippen LogP contribution in [0.4, 0.5) is 0 Å². The highest BCUT2D eigenvalue weighted by molar-refractivity contribution is 7.71. The Morgan fingerprint density at radius 3 is 2.42 bits per heavy atom. The summed E-state index contributed by atoms with van der Waals surface area (Å²) in [6.45, 7) is 6.46. The SMILES string of the molecule is CC(C)(C)c1cc(=S)nc(Cc2ccc(Cl)cc2)[nH]1. The lowest BCUT2D eigenvalue weighted by molar-refractivity contribution is 0.562. The molecular formula is C15H17ClN2S. The predicted molar refractivity (Wildman–Crippen MR) is 82.4 cm³/mol. The van der Waals surface area contributed by atoms with Gasteiger partial charge < -0.3 is 4.98 Å². The predicted octanol–water partition coefficient (Wildman–Crippen LogP) is 4.68. The molecular weight excluding hydrogens is 276 g/mol. The summed E-state index contributed by atoms with van der Waals surface area (Å²) in [5.41, 5.74) is 2.30. The topological polar surface area (TPSA) is 28.7 Å². The fraction of sp³-hybridized carbons (Fsp3) is 0.333. The molecule has 0 aliphatic carbocycles. The van der Waals surface area contributed by atoms with E-state index in [1.807, 2.05) is 30.3 Å². The van der Waals surface area contributed by atoms with Crippen molar-refractivity contribution in [1.82, 2.24) is 9.97 Å². The molecule has 2 nitrogen and oxygen atoms in total. The minimum Gasteiger partial charge on any atom is -0.346 e. The number of hydrogen-bond donors (Lipinski definition) is 1. The third kappa shape index (κ3) is 3.88. The molecule has 1 aromatic carbocycles. The van der Waals surface area contributed by atoms with Crippen LogP contribution in [0.15, 0.2) is 30.3 Å². The van der Waals surface area contributed by atoms with E-state index in [2.05, 4.69) is 30.7 Å². The molecule has 100 valence electrons. The van der Waals surface area contributed by atoms with Crippen molar-refractivity contribution in [2.45, 2.75) is 32.6 Å².